The molecule has 4 atom stereocenters. The van der Waals surface area contributed by atoms with Gasteiger partial charge in [-0.1, -0.05) is 13.3 Å². The first-order chi connectivity index (χ1) is 5.72. The number of aliphatic hydroxyl groups is 1. The number of hydrogen-bond donors (Lipinski definition) is 1. The van der Waals surface area contributed by atoms with E-state index in [1.165, 1.54) is 0 Å². The van der Waals surface area contributed by atoms with E-state index in [2.05, 4.69) is 6.92 Å². The van der Waals surface area contributed by atoms with Crippen LogP contribution in [0.5, 0.6) is 0 Å². The maximum Gasteiger partial charge on any atom is 0.306 e. The Kier molecular flexibility index (Phi) is 4.22. The van der Waals surface area contributed by atoms with Crippen LogP contribution in [0, 0.1) is 55.9 Å². The fourth-order valence-electron chi connectivity index (χ4n) is 2.55. The minimum absolute atomic E-state index is 0. The molecule has 0 amide bonds. The summed E-state index contributed by atoms with van der Waals surface area (Å²) in [5.74, 6) is 0.481. The molecule has 1 aliphatic heterocycles. The van der Waals surface area contributed by atoms with E-state index >= 15 is 0 Å². The average Bonchev–Trinajstić information content (AvgIpc) is 2.43. The summed E-state index contributed by atoms with van der Waals surface area (Å²) in [5.41, 5.74) is 0. The zero-order chi connectivity index (χ0) is 8.72. The number of fused-ring (bicyclic) bond motifs is 1. The summed E-state index contributed by atoms with van der Waals surface area (Å²) in [6.45, 7) is 2.05. The number of hydrogen-bond acceptors (Lipinski definition) is 3. The van der Waals surface area contributed by atoms with Crippen molar-refractivity contribution in [2.24, 2.45) is 11.8 Å². The first kappa shape index (κ1) is 11.9. The molecule has 0 bridgehead atoms. The Morgan fingerprint density at radius 2 is 2.31 bits per heavy atom. The van der Waals surface area contributed by atoms with Gasteiger partial charge < -0.3 is 9.84 Å². The molecule has 1 saturated carbocycles. The zero-order valence-corrected chi connectivity index (χ0v) is 12.5. The van der Waals surface area contributed by atoms with Gasteiger partial charge in [0.05, 0.1) is 12.5 Å². The van der Waals surface area contributed by atoms with E-state index in [0.717, 1.165) is 6.42 Å². The van der Waals surface area contributed by atoms with Crippen LogP contribution in [0.25, 0.3) is 0 Å². The Morgan fingerprint density at radius 3 is 2.92 bits per heavy atom. The molecule has 0 aromatic rings. The minimum Gasteiger partial charge on any atom is -0.462 e. The smallest absolute Gasteiger partial charge is 0.306 e. The van der Waals surface area contributed by atoms with E-state index in [1.54, 1.807) is 0 Å². The van der Waals surface area contributed by atoms with Crippen LogP contribution in [-0.2, 0) is 9.53 Å². The molecule has 71 valence electrons. The van der Waals surface area contributed by atoms with E-state index in [9.17, 15) is 9.90 Å². The maximum atomic E-state index is 10.9. The molecule has 2 rings (SSSR count). The van der Waals surface area contributed by atoms with Crippen molar-refractivity contribution in [3.8, 4) is 0 Å². The van der Waals surface area contributed by atoms with Crippen molar-refractivity contribution in [1.82, 2.24) is 0 Å². The van der Waals surface area contributed by atoms with Gasteiger partial charge in [-0.05, 0) is 5.92 Å². The topological polar surface area (TPSA) is 46.5 Å². The van der Waals surface area contributed by atoms with E-state index in [1.807, 2.05) is 0 Å². The molecule has 4 unspecified atom stereocenters. The Morgan fingerprint density at radius 1 is 1.62 bits per heavy atom. The van der Waals surface area contributed by atoms with Crippen molar-refractivity contribution < 1.29 is 58.7 Å². The van der Waals surface area contributed by atoms with Gasteiger partial charge in [0.15, 0.2) is 0 Å². The third-order valence-electron chi connectivity index (χ3n) is 3.15. The molecular weight excluding hydrogens is 383 g/mol. The minimum atomic E-state index is -0.252. The standard InChI is InChI=1S/C9H14O3.Ac/c1-2-5-6-3-9(11)12-8(6)4-7(5)10;/h5-8,10H,2-4H2,1H3;. The van der Waals surface area contributed by atoms with E-state index < -0.39 is 0 Å². The van der Waals surface area contributed by atoms with Crippen molar-refractivity contribution in [2.75, 3.05) is 0 Å². The largest absolute Gasteiger partial charge is 0.462 e. The summed E-state index contributed by atoms with van der Waals surface area (Å²) < 4.78 is 5.09. The summed E-state index contributed by atoms with van der Waals surface area (Å²) in [6.07, 6.45) is 1.87. The van der Waals surface area contributed by atoms with Crippen molar-refractivity contribution >= 4 is 5.97 Å². The van der Waals surface area contributed by atoms with Gasteiger partial charge in [0.25, 0.3) is 0 Å². The summed E-state index contributed by atoms with van der Waals surface area (Å²) >= 11 is 0. The van der Waals surface area contributed by atoms with Crippen molar-refractivity contribution in [1.29, 1.82) is 0 Å². The number of carbonyl (C=O) groups is 1. The number of aliphatic hydroxyl groups excluding tert-OH is 1. The molecule has 3 nitrogen and oxygen atoms in total. The van der Waals surface area contributed by atoms with Gasteiger partial charge >= 0.3 is 5.97 Å². The van der Waals surface area contributed by atoms with Gasteiger partial charge in [-0.2, -0.15) is 0 Å². The molecule has 2 aliphatic rings. The third-order valence-corrected chi connectivity index (χ3v) is 3.15. The van der Waals surface area contributed by atoms with Crippen LogP contribution in [0.15, 0.2) is 0 Å². The summed E-state index contributed by atoms with van der Waals surface area (Å²) in [6, 6.07) is 0. The van der Waals surface area contributed by atoms with Gasteiger partial charge in [0, 0.05) is 56.4 Å². The summed E-state index contributed by atoms with van der Waals surface area (Å²) in [7, 11) is 0. The van der Waals surface area contributed by atoms with Crippen LogP contribution >= 0.6 is 0 Å². The number of carbonyl (C=O) groups excluding carboxylic acids is 1. The first-order valence-electron chi connectivity index (χ1n) is 4.60. The molecule has 1 heterocycles. The summed E-state index contributed by atoms with van der Waals surface area (Å²) in [5, 5.41) is 9.59. The Balaban J connectivity index is 0.000000845. The molecule has 1 aliphatic carbocycles. The molecule has 1 saturated heterocycles. The van der Waals surface area contributed by atoms with Crippen LogP contribution in [0.4, 0.5) is 0 Å². The van der Waals surface area contributed by atoms with Gasteiger partial charge in [-0.3, -0.25) is 4.79 Å². The van der Waals surface area contributed by atoms with Crippen molar-refractivity contribution in [3.63, 3.8) is 0 Å². The second kappa shape index (κ2) is 4.59. The number of esters is 1. The van der Waals surface area contributed by atoms with Crippen molar-refractivity contribution in [3.05, 3.63) is 0 Å². The van der Waals surface area contributed by atoms with Crippen LogP contribution < -0.4 is 0 Å². The van der Waals surface area contributed by atoms with Crippen LogP contribution in [0.2, 0.25) is 0 Å². The fourth-order valence-corrected chi connectivity index (χ4v) is 2.55. The van der Waals surface area contributed by atoms with E-state index in [0.29, 0.717) is 12.8 Å². The van der Waals surface area contributed by atoms with E-state index in [4.69, 9.17) is 4.74 Å². The van der Waals surface area contributed by atoms with Gasteiger partial charge in [0.1, 0.15) is 6.10 Å². The van der Waals surface area contributed by atoms with Gasteiger partial charge in [0.2, 0.25) is 0 Å². The van der Waals surface area contributed by atoms with E-state index in [-0.39, 0.29) is 74.1 Å². The monoisotopic (exact) mass is 397 g/mol. The quantitative estimate of drug-likeness (QED) is 0.664. The normalized spacial score (nSPS) is 42.5. The predicted molar refractivity (Wildman–Crippen MR) is 42.4 cm³/mol. The molecule has 2 fully saturated rings. The average molecular weight is 397 g/mol. The molecule has 0 spiro atoms. The van der Waals surface area contributed by atoms with Crippen LogP contribution in [-0.4, -0.2) is 23.3 Å². The second-order valence-corrected chi connectivity index (χ2v) is 3.77. The summed E-state index contributed by atoms with van der Waals surface area (Å²) in [4.78, 5) is 10.9. The molecule has 1 N–H and O–H groups in total. The molecule has 0 aromatic carbocycles. The van der Waals surface area contributed by atoms with Gasteiger partial charge in [-0.25, -0.2) is 0 Å². The number of rotatable bonds is 1. The molecule has 1 radical (unpaired) electrons. The maximum absolute atomic E-state index is 10.9. The van der Waals surface area contributed by atoms with Gasteiger partial charge in [-0.15, -0.1) is 0 Å². The van der Waals surface area contributed by atoms with Crippen LogP contribution in [0.1, 0.15) is 26.2 Å². The molecule has 0 aromatic heterocycles. The third kappa shape index (κ3) is 2.11. The first-order valence-corrected chi connectivity index (χ1v) is 4.60. The van der Waals surface area contributed by atoms with Crippen LogP contribution in [0.3, 0.4) is 0 Å². The predicted octanol–water partition coefficient (Wildman–Crippen LogP) is 0.709. The SMILES string of the molecule is CCC1C(O)CC2OC(=O)CC21.[Ac]. The zero-order valence-electron chi connectivity index (χ0n) is 7.77. The number of ether oxygens (including phenoxy) is 1. The Hall–Kier alpha value is 0.872. The molecule has 4 heteroatoms. The Labute approximate surface area is 114 Å². The fraction of sp³-hybridized carbons (Fsp3) is 0.889. The molecular formula is C9H14AcO3. The van der Waals surface area contributed by atoms with Crippen molar-refractivity contribution in [2.45, 2.75) is 38.4 Å². The Bertz CT molecular complexity index is 207. The second-order valence-electron chi connectivity index (χ2n) is 3.77. The molecule has 13 heavy (non-hydrogen) atoms.